The number of alkyl halides is 2. The topological polar surface area (TPSA) is 70.6 Å². The summed E-state index contributed by atoms with van der Waals surface area (Å²) in [5.74, 6) is 1.65. The van der Waals surface area contributed by atoms with E-state index >= 15 is 0 Å². The number of aryl methyl sites for hydroxylation is 1. The Labute approximate surface area is 187 Å². The van der Waals surface area contributed by atoms with Crippen molar-refractivity contribution in [1.82, 2.24) is 15.6 Å². The molecule has 1 heterocycles. The molecule has 0 fully saturated rings. The zero-order chi connectivity index (χ0) is 20.2. The lowest BCUT2D eigenvalue weighted by molar-refractivity contribution is -0.0504. The van der Waals surface area contributed by atoms with Crippen molar-refractivity contribution in [2.24, 2.45) is 4.99 Å². The molecule has 0 unspecified atom stereocenters. The Balaban J connectivity index is 0.00000420. The predicted octanol–water partition coefficient (Wildman–Crippen LogP) is 4.17. The summed E-state index contributed by atoms with van der Waals surface area (Å²) in [6.07, 6.45) is 3.68. The third-order valence-electron chi connectivity index (χ3n) is 3.97. The second kappa shape index (κ2) is 13.9. The van der Waals surface area contributed by atoms with Gasteiger partial charge in [0.05, 0.1) is 0 Å². The summed E-state index contributed by atoms with van der Waals surface area (Å²) in [4.78, 5) is 8.37. The van der Waals surface area contributed by atoms with Gasteiger partial charge in [0.25, 0.3) is 0 Å². The van der Waals surface area contributed by atoms with Gasteiger partial charge in [-0.3, -0.25) is 4.99 Å². The van der Waals surface area contributed by atoms with E-state index in [1.165, 1.54) is 0 Å². The lowest BCUT2D eigenvalue weighted by atomic mass is 10.1. The lowest BCUT2D eigenvalue weighted by Gasteiger charge is -2.15. The van der Waals surface area contributed by atoms with Gasteiger partial charge in [-0.25, -0.2) is 4.98 Å². The van der Waals surface area contributed by atoms with E-state index < -0.39 is 6.61 Å². The molecule has 0 saturated carbocycles. The highest BCUT2D eigenvalue weighted by Gasteiger charge is 2.10. The molecule has 0 spiro atoms. The van der Waals surface area contributed by atoms with Crippen LogP contribution in [0, 0.1) is 6.92 Å². The van der Waals surface area contributed by atoms with Crippen LogP contribution in [0.3, 0.4) is 0 Å². The average molecular weight is 519 g/mol. The Morgan fingerprint density at radius 1 is 1.14 bits per heavy atom. The molecule has 3 N–H and O–H groups in total. The van der Waals surface area contributed by atoms with Crippen molar-refractivity contribution in [3.05, 3.63) is 53.7 Å². The van der Waals surface area contributed by atoms with Crippen molar-refractivity contribution in [2.45, 2.75) is 32.9 Å². The van der Waals surface area contributed by atoms with Gasteiger partial charge in [0.1, 0.15) is 11.6 Å². The van der Waals surface area contributed by atoms with Gasteiger partial charge in [0.2, 0.25) is 0 Å². The van der Waals surface area contributed by atoms with Crippen molar-refractivity contribution < 1.29 is 13.5 Å². The summed E-state index contributed by atoms with van der Waals surface area (Å²) >= 11 is 0. The molecule has 0 atom stereocenters. The minimum absolute atomic E-state index is 0. The summed E-state index contributed by atoms with van der Waals surface area (Å²) in [5, 5.41) is 9.61. The van der Waals surface area contributed by atoms with E-state index in [-0.39, 0.29) is 29.7 Å². The summed E-state index contributed by atoms with van der Waals surface area (Å²) in [6, 6.07) is 10.9. The summed E-state index contributed by atoms with van der Waals surface area (Å²) in [7, 11) is 1.67. The molecule has 1 aromatic heterocycles. The molecule has 9 heteroatoms. The van der Waals surface area contributed by atoms with Crippen LogP contribution in [-0.4, -0.2) is 37.7 Å². The number of hydrogen-bond donors (Lipinski definition) is 3. The van der Waals surface area contributed by atoms with Gasteiger partial charge in [0.15, 0.2) is 5.96 Å². The molecule has 0 bridgehead atoms. The molecule has 0 saturated heterocycles. The fourth-order valence-electron chi connectivity index (χ4n) is 2.60. The Hall–Kier alpha value is -2.17. The molecule has 1 aromatic carbocycles. The van der Waals surface area contributed by atoms with E-state index in [0.29, 0.717) is 18.1 Å². The smallest absolute Gasteiger partial charge is 0.387 e. The molecule has 0 amide bonds. The first-order valence-electron chi connectivity index (χ1n) is 9.22. The molecule has 6 nitrogen and oxygen atoms in total. The van der Waals surface area contributed by atoms with Gasteiger partial charge in [-0.15, -0.1) is 24.0 Å². The highest BCUT2D eigenvalue weighted by atomic mass is 127. The van der Waals surface area contributed by atoms with E-state index in [1.54, 1.807) is 25.4 Å². The van der Waals surface area contributed by atoms with Crippen molar-refractivity contribution >= 4 is 35.8 Å². The monoisotopic (exact) mass is 519 g/mol. The molecular weight excluding hydrogens is 491 g/mol. The second-order valence-corrected chi connectivity index (χ2v) is 6.19. The standard InChI is InChI=1S/C20H27F2N5O.HI/c1-15-8-9-17(28-19(21)22)16(13-15)14-27-20(23-2)26-12-6-5-11-25-18-7-3-4-10-24-18;/h3-4,7-10,13,19H,5-6,11-12,14H2,1-2H3,(H,24,25)(H2,23,26,27);1H. The van der Waals surface area contributed by atoms with Crippen LogP contribution in [-0.2, 0) is 6.54 Å². The van der Waals surface area contributed by atoms with Crippen molar-refractivity contribution in [2.75, 3.05) is 25.5 Å². The number of aromatic nitrogens is 1. The van der Waals surface area contributed by atoms with Crippen LogP contribution in [0.2, 0.25) is 0 Å². The van der Waals surface area contributed by atoms with Gasteiger partial charge in [0, 0.05) is 38.4 Å². The second-order valence-electron chi connectivity index (χ2n) is 6.19. The van der Waals surface area contributed by atoms with Crippen LogP contribution in [0.15, 0.2) is 47.6 Å². The van der Waals surface area contributed by atoms with Gasteiger partial charge in [-0.1, -0.05) is 23.8 Å². The Kier molecular flexibility index (Phi) is 11.9. The zero-order valence-corrected chi connectivity index (χ0v) is 19.0. The van der Waals surface area contributed by atoms with Crippen molar-refractivity contribution in [3.63, 3.8) is 0 Å². The van der Waals surface area contributed by atoms with Crippen LogP contribution in [0.4, 0.5) is 14.6 Å². The lowest BCUT2D eigenvalue weighted by Crippen LogP contribution is -2.37. The molecule has 160 valence electrons. The number of aliphatic imine (C=N–C) groups is 1. The van der Waals surface area contributed by atoms with Crippen LogP contribution in [0.25, 0.3) is 0 Å². The molecular formula is C20H28F2IN5O. The molecule has 0 aliphatic heterocycles. The minimum Gasteiger partial charge on any atom is -0.434 e. The number of hydrogen-bond acceptors (Lipinski definition) is 4. The maximum atomic E-state index is 12.6. The number of nitrogens with one attached hydrogen (secondary N) is 3. The third-order valence-corrected chi connectivity index (χ3v) is 3.97. The van der Waals surface area contributed by atoms with Crippen LogP contribution < -0.4 is 20.7 Å². The van der Waals surface area contributed by atoms with Crippen molar-refractivity contribution in [1.29, 1.82) is 0 Å². The Morgan fingerprint density at radius 3 is 2.62 bits per heavy atom. The normalized spacial score (nSPS) is 11.0. The van der Waals surface area contributed by atoms with Crippen LogP contribution in [0.1, 0.15) is 24.0 Å². The predicted molar refractivity (Wildman–Crippen MR) is 123 cm³/mol. The molecule has 0 radical (unpaired) electrons. The first-order valence-corrected chi connectivity index (χ1v) is 9.22. The number of ether oxygens (including phenoxy) is 1. The molecule has 0 aliphatic rings. The SMILES string of the molecule is CN=C(NCCCCNc1ccccn1)NCc1cc(C)ccc1OC(F)F.I. The summed E-state index contributed by atoms with van der Waals surface area (Å²) < 4.78 is 29.7. The average Bonchev–Trinajstić information content (AvgIpc) is 2.69. The number of halogens is 3. The maximum Gasteiger partial charge on any atom is 0.387 e. The van der Waals surface area contributed by atoms with Crippen LogP contribution in [0.5, 0.6) is 5.75 Å². The number of guanidine groups is 1. The van der Waals surface area contributed by atoms with Gasteiger partial charge in [-0.05, 0) is 38.0 Å². The minimum atomic E-state index is -2.85. The van der Waals surface area contributed by atoms with E-state index in [9.17, 15) is 8.78 Å². The van der Waals surface area contributed by atoms with Crippen LogP contribution >= 0.6 is 24.0 Å². The first kappa shape index (κ1) is 24.9. The van der Waals surface area contributed by atoms with E-state index in [1.807, 2.05) is 31.2 Å². The fraction of sp³-hybridized carbons (Fsp3) is 0.400. The fourth-order valence-corrected chi connectivity index (χ4v) is 2.60. The Bertz CT molecular complexity index is 747. The highest BCUT2D eigenvalue weighted by Crippen LogP contribution is 2.21. The molecule has 2 rings (SSSR count). The number of benzene rings is 1. The highest BCUT2D eigenvalue weighted by molar-refractivity contribution is 14.0. The number of pyridine rings is 1. The van der Waals surface area contributed by atoms with Gasteiger partial charge >= 0.3 is 6.61 Å². The largest absolute Gasteiger partial charge is 0.434 e. The van der Waals surface area contributed by atoms with Gasteiger partial charge < -0.3 is 20.7 Å². The first-order chi connectivity index (χ1) is 13.6. The molecule has 0 aliphatic carbocycles. The van der Waals surface area contributed by atoms with Crippen molar-refractivity contribution in [3.8, 4) is 5.75 Å². The van der Waals surface area contributed by atoms with E-state index in [2.05, 4.69) is 30.7 Å². The third kappa shape index (κ3) is 9.73. The number of nitrogens with zero attached hydrogens (tertiary/aromatic N) is 2. The number of unbranched alkanes of at least 4 members (excludes halogenated alkanes) is 1. The summed E-state index contributed by atoms with van der Waals surface area (Å²) in [5.41, 5.74) is 1.63. The van der Waals surface area contributed by atoms with E-state index in [0.717, 1.165) is 37.3 Å². The molecule has 29 heavy (non-hydrogen) atoms. The number of anilines is 1. The van der Waals surface area contributed by atoms with E-state index in [4.69, 9.17) is 0 Å². The summed E-state index contributed by atoms with van der Waals surface area (Å²) in [6.45, 7) is 0.977. The maximum absolute atomic E-state index is 12.6. The molecule has 2 aromatic rings. The zero-order valence-electron chi connectivity index (χ0n) is 16.6. The van der Waals surface area contributed by atoms with Gasteiger partial charge in [-0.2, -0.15) is 8.78 Å². The number of rotatable bonds is 10. The Morgan fingerprint density at radius 2 is 1.93 bits per heavy atom. The quantitative estimate of drug-likeness (QED) is 0.190.